The molecule has 0 amide bonds. The Hall–Kier alpha value is -3.64. The Kier molecular flexibility index (Phi) is 15.2. The van der Waals surface area contributed by atoms with Crippen LogP contribution in [0.15, 0.2) is 72.8 Å². The van der Waals surface area contributed by atoms with Gasteiger partial charge in [-0.25, -0.2) is 0 Å². The highest BCUT2D eigenvalue weighted by molar-refractivity contribution is 5.80. The Labute approximate surface area is 313 Å². The second-order valence-electron chi connectivity index (χ2n) is 15.4. The van der Waals surface area contributed by atoms with Crippen LogP contribution in [0.1, 0.15) is 165 Å². The third-order valence-electron chi connectivity index (χ3n) is 11.7. The van der Waals surface area contributed by atoms with Crippen LogP contribution in [0.25, 0.3) is 6.08 Å². The number of aliphatic hydroxyl groups is 1. The van der Waals surface area contributed by atoms with Gasteiger partial charge < -0.3 is 9.84 Å². The number of benzene rings is 3. The molecule has 2 aliphatic heterocycles. The smallest absolute Gasteiger partial charge is 0.270 e. The van der Waals surface area contributed by atoms with Crippen LogP contribution in [0.4, 0.5) is 17.1 Å². The third kappa shape index (κ3) is 9.10. The molecule has 1 N–H and O–H groups in total. The maximum absolute atomic E-state index is 11.5. The number of aliphatic hydroxyl groups excluding tert-OH is 1. The Morgan fingerprint density at radius 2 is 1.27 bits per heavy atom. The summed E-state index contributed by atoms with van der Waals surface area (Å²) >= 11 is 0. The van der Waals surface area contributed by atoms with Gasteiger partial charge in [0, 0.05) is 34.6 Å². The van der Waals surface area contributed by atoms with Crippen molar-refractivity contribution in [1.82, 2.24) is 0 Å². The lowest BCUT2D eigenvalue weighted by Gasteiger charge is -2.51. The average molecular weight is 709 g/mol. The van der Waals surface area contributed by atoms with Crippen molar-refractivity contribution in [3.8, 4) is 5.75 Å². The Bertz CT molecular complexity index is 1550. The number of ether oxygens (including phenoxy) is 1. The minimum Gasteiger partial charge on any atom is -0.462 e. The molecule has 1 aliphatic carbocycles. The second kappa shape index (κ2) is 20.0. The summed E-state index contributed by atoms with van der Waals surface area (Å²) in [7, 11) is 0. The summed E-state index contributed by atoms with van der Waals surface area (Å²) in [5, 5.41) is 21.6. The van der Waals surface area contributed by atoms with Crippen molar-refractivity contribution < 1.29 is 14.8 Å². The molecule has 1 fully saturated rings. The Morgan fingerprint density at radius 1 is 0.731 bits per heavy atom. The quantitative estimate of drug-likeness (QED) is 0.0809. The summed E-state index contributed by atoms with van der Waals surface area (Å²) in [4.78, 5) is 13.3. The molecule has 2 heterocycles. The molecule has 282 valence electrons. The van der Waals surface area contributed by atoms with E-state index in [0.717, 1.165) is 37.1 Å². The highest BCUT2D eigenvalue weighted by Crippen LogP contribution is 2.63. The third-order valence-corrected chi connectivity index (χ3v) is 11.7. The molecule has 6 rings (SSSR count). The van der Waals surface area contributed by atoms with Crippen LogP contribution < -0.4 is 9.64 Å². The fraction of sp³-hybridized carbons (Fsp3) is 0.565. The number of hydrogen-bond acceptors (Lipinski definition) is 5. The summed E-state index contributed by atoms with van der Waals surface area (Å²) < 4.78 is 7.04. The van der Waals surface area contributed by atoms with E-state index in [1.54, 1.807) is 0 Å². The van der Waals surface area contributed by atoms with Crippen molar-refractivity contribution in [2.45, 2.75) is 166 Å². The van der Waals surface area contributed by atoms with E-state index in [1.807, 2.05) is 24.3 Å². The van der Waals surface area contributed by atoms with E-state index in [9.17, 15) is 15.2 Å². The summed E-state index contributed by atoms with van der Waals surface area (Å²) in [5.41, 5.74) is 3.31. The lowest BCUT2D eigenvalue weighted by molar-refractivity contribution is -0.385. The standard InChI is InChI=1S/C28H26N2O4.C18H38/c31-19-21-18-23(30(32)33)17-20-13-16-28(34-26(20)21)27(14-7-2-8-15-27)24-11-5-6-12-25(24)29(28)22-9-3-1-4-10-22;1-3-5-7-9-11-13-15-17-18-16-14-12-10-8-6-4-2/h1,3-6,9-13,16-18,31H,2,7-8,14-15,19H2;3-18H2,1-2H3. The molecule has 6 heteroatoms. The zero-order chi connectivity index (χ0) is 36.7. The van der Waals surface area contributed by atoms with Crippen LogP contribution in [0, 0.1) is 10.1 Å². The zero-order valence-electron chi connectivity index (χ0n) is 32.1. The van der Waals surface area contributed by atoms with Gasteiger partial charge in [0.2, 0.25) is 5.72 Å². The van der Waals surface area contributed by atoms with Crippen LogP contribution in [0.5, 0.6) is 5.75 Å². The van der Waals surface area contributed by atoms with Gasteiger partial charge in [-0.2, -0.15) is 0 Å². The molecule has 0 radical (unpaired) electrons. The number of non-ortho nitro benzene ring substituents is 1. The highest BCUT2D eigenvalue weighted by Gasteiger charge is 2.64. The van der Waals surface area contributed by atoms with Crippen LogP contribution in [-0.4, -0.2) is 15.8 Å². The SMILES string of the molecule is CCCCCCCCCCCCCCCCCC.O=[N+]([O-])c1cc2c(c(CO)c1)OC1(C=C2)N(c2ccccc2)c2ccccc2C12CCCCC2. The molecule has 3 aliphatic rings. The molecular weight excluding hydrogens is 645 g/mol. The number of nitro groups is 1. The van der Waals surface area contributed by atoms with Gasteiger partial charge in [-0.1, -0.05) is 172 Å². The molecule has 6 nitrogen and oxygen atoms in total. The van der Waals surface area contributed by atoms with Crippen LogP contribution in [0.3, 0.4) is 0 Å². The number of nitro benzene ring substituents is 1. The maximum Gasteiger partial charge on any atom is 0.270 e. The van der Waals surface area contributed by atoms with Gasteiger partial charge in [0.25, 0.3) is 5.69 Å². The van der Waals surface area contributed by atoms with E-state index in [-0.39, 0.29) is 17.7 Å². The topological polar surface area (TPSA) is 75.8 Å². The molecule has 0 aromatic heterocycles. The van der Waals surface area contributed by atoms with Crippen molar-refractivity contribution in [2.75, 3.05) is 4.90 Å². The monoisotopic (exact) mass is 708 g/mol. The zero-order valence-corrected chi connectivity index (χ0v) is 32.1. The second-order valence-corrected chi connectivity index (χ2v) is 15.4. The lowest BCUT2D eigenvalue weighted by Crippen LogP contribution is -2.60. The molecule has 52 heavy (non-hydrogen) atoms. The van der Waals surface area contributed by atoms with E-state index < -0.39 is 10.6 Å². The summed E-state index contributed by atoms with van der Waals surface area (Å²) in [5.74, 6) is 0.522. The van der Waals surface area contributed by atoms with Gasteiger partial charge in [-0.3, -0.25) is 15.0 Å². The first kappa shape index (κ1) is 39.6. The van der Waals surface area contributed by atoms with Crippen LogP contribution in [-0.2, 0) is 12.0 Å². The molecule has 1 atom stereocenters. The van der Waals surface area contributed by atoms with E-state index in [4.69, 9.17) is 4.74 Å². The van der Waals surface area contributed by atoms with E-state index in [2.05, 4.69) is 61.2 Å². The summed E-state index contributed by atoms with van der Waals surface area (Å²) in [6, 6.07) is 21.7. The first-order valence-corrected chi connectivity index (χ1v) is 20.8. The van der Waals surface area contributed by atoms with Crippen LogP contribution >= 0.6 is 0 Å². The van der Waals surface area contributed by atoms with Crippen molar-refractivity contribution in [3.63, 3.8) is 0 Å². The number of anilines is 2. The summed E-state index contributed by atoms with van der Waals surface area (Å²) in [6.07, 6.45) is 32.8. The number of nitrogens with zero attached hydrogens (tertiary/aromatic N) is 2. The van der Waals surface area contributed by atoms with E-state index in [0.29, 0.717) is 16.9 Å². The van der Waals surface area contributed by atoms with Gasteiger partial charge in [-0.05, 0) is 48.8 Å². The largest absolute Gasteiger partial charge is 0.462 e. The molecule has 2 spiro atoms. The van der Waals surface area contributed by atoms with Crippen molar-refractivity contribution in [3.05, 3.63) is 99.6 Å². The molecule has 0 bridgehead atoms. The minimum absolute atomic E-state index is 0.0472. The number of hydrogen-bond donors (Lipinski definition) is 1. The van der Waals surface area contributed by atoms with Gasteiger partial charge >= 0.3 is 0 Å². The molecule has 3 aromatic carbocycles. The average Bonchev–Trinajstić information content (AvgIpc) is 3.39. The van der Waals surface area contributed by atoms with Gasteiger partial charge in [0.15, 0.2) is 0 Å². The molecule has 1 saturated carbocycles. The van der Waals surface area contributed by atoms with Crippen LogP contribution in [0.2, 0.25) is 0 Å². The lowest BCUT2D eigenvalue weighted by atomic mass is 9.64. The first-order chi connectivity index (χ1) is 25.5. The first-order valence-electron chi connectivity index (χ1n) is 20.8. The number of rotatable bonds is 18. The van der Waals surface area contributed by atoms with Gasteiger partial charge in [0.1, 0.15) is 5.75 Å². The molecule has 1 unspecified atom stereocenters. The minimum atomic E-state index is -0.842. The summed E-state index contributed by atoms with van der Waals surface area (Å²) in [6.45, 7) is 4.25. The number of unbranched alkanes of at least 4 members (excludes halogenated alkanes) is 15. The maximum atomic E-state index is 11.5. The molecular formula is C46H64N2O4. The Balaban J connectivity index is 0.000000249. The number of fused-ring (bicyclic) bond motifs is 4. The molecule has 0 saturated heterocycles. The normalized spacial score (nSPS) is 18.1. The Morgan fingerprint density at radius 3 is 1.81 bits per heavy atom. The highest BCUT2D eigenvalue weighted by atomic mass is 16.6. The predicted octanol–water partition coefficient (Wildman–Crippen LogP) is 13.5. The van der Waals surface area contributed by atoms with Crippen molar-refractivity contribution in [2.24, 2.45) is 0 Å². The van der Waals surface area contributed by atoms with E-state index >= 15 is 0 Å². The number of para-hydroxylation sites is 2. The fourth-order valence-corrected chi connectivity index (χ4v) is 8.91. The van der Waals surface area contributed by atoms with Crippen molar-refractivity contribution >= 4 is 23.1 Å². The fourth-order valence-electron chi connectivity index (χ4n) is 8.91. The molecule has 3 aromatic rings. The van der Waals surface area contributed by atoms with E-state index in [1.165, 1.54) is 127 Å². The van der Waals surface area contributed by atoms with Crippen molar-refractivity contribution in [1.29, 1.82) is 0 Å². The predicted molar refractivity (Wildman–Crippen MR) is 216 cm³/mol. The van der Waals surface area contributed by atoms with Gasteiger partial charge in [-0.15, -0.1) is 0 Å². The van der Waals surface area contributed by atoms with Gasteiger partial charge in [0.05, 0.1) is 16.9 Å².